The van der Waals surface area contributed by atoms with Gasteiger partial charge in [0.05, 0.1) is 6.10 Å². The molecule has 0 radical (unpaired) electrons. The Balaban J connectivity index is 1.87. The third-order valence-corrected chi connectivity index (χ3v) is 3.78. The molecule has 0 bridgehead atoms. The van der Waals surface area contributed by atoms with Crippen LogP contribution in [0.2, 0.25) is 0 Å². The number of nitrogens with two attached hydrogens (primary N) is 1. The van der Waals surface area contributed by atoms with E-state index in [1.54, 1.807) is 12.1 Å². The lowest BCUT2D eigenvalue weighted by Crippen LogP contribution is -2.43. The Kier molecular flexibility index (Phi) is 5.95. The van der Waals surface area contributed by atoms with Crippen LogP contribution < -0.4 is 5.73 Å². The predicted octanol–water partition coefficient (Wildman–Crippen LogP) is 2.72. The van der Waals surface area contributed by atoms with Crippen LogP contribution in [0.5, 0.6) is 0 Å². The van der Waals surface area contributed by atoms with Crippen molar-refractivity contribution < 1.29 is 9.13 Å². The Morgan fingerprint density at radius 1 is 1.45 bits per heavy atom. The molecule has 1 aliphatic rings. The van der Waals surface area contributed by atoms with Crippen molar-refractivity contribution in [3.63, 3.8) is 0 Å². The molecule has 1 aromatic carbocycles. The Bertz CT molecular complexity index is 413. The first-order chi connectivity index (χ1) is 9.70. The molecule has 20 heavy (non-hydrogen) atoms. The highest BCUT2D eigenvalue weighted by Crippen LogP contribution is 2.19. The van der Waals surface area contributed by atoms with Gasteiger partial charge in [-0.1, -0.05) is 25.1 Å². The standard InChI is InChI=1S/C16H25FN2O/c1-2-10-20-13-6-5-9-19(11-13)12-16(18)14-7-3-4-8-15(14)17/h3-4,7-8,13,16H,2,5-6,9-12,18H2,1H3. The molecular weight excluding hydrogens is 255 g/mol. The van der Waals surface area contributed by atoms with Crippen LogP contribution in [0.3, 0.4) is 0 Å². The van der Waals surface area contributed by atoms with Crippen molar-refractivity contribution in [2.45, 2.75) is 38.3 Å². The van der Waals surface area contributed by atoms with Gasteiger partial charge in [0.2, 0.25) is 0 Å². The summed E-state index contributed by atoms with van der Waals surface area (Å²) in [6.45, 7) is 5.55. The Hall–Kier alpha value is -0.970. The summed E-state index contributed by atoms with van der Waals surface area (Å²) in [7, 11) is 0. The molecule has 0 spiro atoms. The van der Waals surface area contributed by atoms with E-state index in [-0.39, 0.29) is 11.9 Å². The smallest absolute Gasteiger partial charge is 0.128 e. The molecule has 2 N–H and O–H groups in total. The van der Waals surface area contributed by atoms with Crippen molar-refractivity contribution in [2.75, 3.05) is 26.2 Å². The quantitative estimate of drug-likeness (QED) is 0.870. The number of benzene rings is 1. The first kappa shape index (κ1) is 15.4. The topological polar surface area (TPSA) is 38.5 Å². The largest absolute Gasteiger partial charge is 0.377 e. The molecule has 0 amide bonds. The number of hydrogen-bond acceptors (Lipinski definition) is 3. The normalized spacial score (nSPS) is 21.9. The molecule has 0 aliphatic carbocycles. The molecule has 2 atom stereocenters. The van der Waals surface area contributed by atoms with Gasteiger partial charge in [0.25, 0.3) is 0 Å². The minimum Gasteiger partial charge on any atom is -0.377 e. The summed E-state index contributed by atoms with van der Waals surface area (Å²) in [5.41, 5.74) is 6.75. The summed E-state index contributed by atoms with van der Waals surface area (Å²) in [5.74, 6) is -0.212. The van der Waals surface area contributed by atoms with Crippen LogP contribution in [-0.4, -0.2) is 37.2 Å². The van der Waals surface area contributed by atoms with Crippen molar-refractivity contribution in [3.05, 3.63) is 35.6 Å². The van der Waals surface area contributed by atoms with Gasteiger partial charge in [-0.15, -0.1) is 0 Å². The van der Waals surface area contributed by atoms with E-state index in [9.17, 15) is 4.39 Å². The number of ether oxygens (including phenoxy) is 1. The van der Waals surface area contributed by atoms with Gasteiger partial charge in [-0.3, -0.25) is 4.90 Å². The monoisotopic (exact) mass is 280 g/mol. The lowest BCUT2D eigenvalue weighted by molar-refractivity contribution is -0.00144. The lowest BCUT2D eigenvalue weighted by atomic mass is 10.0. The third-order valence-electron chi connectivity index (χ3n) is 3.78. The van der Waals surface area contributed by atoms with Gasteiger partial charge in [0, 0.05) is 31.3 Å². The maximum absolute atomic E-state index is 13.7. The SMILES string of the molecule is CCCOC1CCCN(CC(N)c2ccccc2F)C1. The molecule has 4 heteroatoms. The zero-order valence-electron chi connectivity index (χ0n) is 12.2. The minimum atomic E-state index is -0.277. The molecule has 112 valence electrons. The van der Waals surface area contributed by atoms with Crippen LogP contribution >= 0.6 is 0 Å². The zero-order chi connectivity index (χ0) is 14.4. The van der Waals surface area contributed by atoms with Gasteiger partial charge in [0.15, 0.2) is 0 Å². The molecule has 0 aromatic heterocycles. The lowest BCUT2D eigenvalue weighted by Gasteiger charge is -2.34. The summed E-state index contributed by atoms with van der Waals surface area (Å²) in [4.78, 5) is 2.29. The third kappa shape index (κ3) is 4.27. The summed E-state index contributed by atoms with van der Waals surface area (Å²) >= 11 is 0. The minimum absolute atomic E-state index is 0.212. The molecular formula is C16H25FN2O. The van der Waals surface area contributed by atoms with E-state index in [0.29, 0.717) is 18.2 Å². The molecule has 2 rings (SSSR count). The summed E-state index contributed by atoms with van der Waals surface area (Å²) < 4.78 is 19.5. The van der Waals surface area contributed by atoms with Crippen molar-refractivity contribution in [2.24, 2.45) is 5.73 Å². The second-order valence-electron chi connectivity index (χ2n) is 5.52. The summed E-state index contributed by atoms with van der Waals surface area (Å²) in [5, 5.41) is 0. The molecule has 1 heterocycles. The van der Waals surface area contributed by atoms with E-state index < -0.39 is 0 Å². The van der Waals surface area contributed by atoms with Crippen molar-refractivity contribution in [1.29, 1.82) is 0 Å². The number of piperidine rings is 1. The van der Waals surface area contributed by atoms with E-state index in [0.717, 1.165) is 39.0 Å². The van der Waals surface area contributed by atoms with Crippen molar-refractivity contribution >= 4 is 0 Å². The fourth-order valence-electron chi connectivity index (χ4n) is 2.75. The fourth-order valence-corrected chi connectivity index (χ4v) is 2.75. The summed E-state index contributed by atoms with van der Waals surface area (Å²) in [6.07, 6.45) is 3.59. The van der Waals surface area contributed by atoms with Crippen LogP contribution in [0.25, 0.3) is 0 Å². The van der Waals surface area contributed by atoms with Gasteiger partial charge in [-0.25, -0.2) is 4.39 Å². The van der Waals surface area contributed by atoms with Crippen molar-refractivity contribution in [1.82, 2.24) is 4.90 Å². The van der Waals surface area contributed by atoms with E-state index >= 15 is 0 Å². The average Bonchev–Trinajstić information content (AvgIpc) is 2.46. The van der Waals surface area contributed by atoms with Gasteiger partial charge in [-0.05, 0) is 31.9 Å². The first-order valence-corrected chi connectivity index (χ1v) is 7.54. The Labute approximate surface area is 120 Å². The first-order valence-electron chi connectivity index (χ1n) is 7.54. The van der Waals surface area contributed by atoms with Crippen LogP contribution in [0, 0.1) is 5.82 Å². The molecule has 3 nitrogen and oxygen atoms in total. The van der Waals surface area contributed by atoms with Crippen LogP contribution in [0.1, 0.15) is 37.8 Å². The highest BCUT2D eigenvalue weighted by Gasteiger charge is 2.22. The Morgan fingerprint density at radius 2 is 2.25 bits per heavy atom. The van der Waals surface area contributed by atoms with Gasteiger partial charge in [0.1, 0.15) is 5.82 Å². The summed E-state index contributed by atoms with van der Waals surface area (Å²) in [6, 6.07) is 6.50. The van der Waals surface area contributed by atoms with E-state index in [2.05, 4.69) is 11.8 Å². The maximum Gasteiger partial charge on any atom is 0.128 e. The predicted molar refractivity (Wildman–Crippen MR) is 79.0 cm³/mol. The number of rotatable bonds is 6. The second-order valence-corrected chi connectivity index (χ2v) is 5.52. The molecule has 1 aliphatic heterocycles. The van der Waals surface area contributed by atoms with Crippen LogP contribution in [0.15, 0.2) is 24.3 Å². The van der Waals surface area contributed by atoms with Crippen LogP contribution in [-0.2, 0) is 4.74 Å². The average molecular weight is 280 g/mol. The van der Waals surface area contributed by atoms with Gasteiger partial charge >= 0.3 is 0 Å². The highest BCUT2D eigenvalue weighted by atomic mass is 19.1. The molecule has 1 aromatic rings. The van der Waals surface area contributed by atoms with Crippen LogP contribution in [0.4, 0.5) is 4.39 Å². The van der Waals surface area contributed by atoms with E-state index in [4.69, 9.17) is 10.5 Å². The second kappa shape index (κ2) is 7.72. The number of hydrogen-bond donors (Lipinski definition) is 1. The zero-order valence-corrected chi connectivity index (χ0v) is 12.2. The van der Waals surface area contributed by atoms with Gasteiger partial charge in [-0.2, -0.15) is 0 Å². The molecule has 2 unspecified atom stereocenters. The number of nitrogens with zero attached hydrogens (tertiary/aromatic N) is 1. The van der Waals surface area contributed by atoms with E-state index in [1.165, 1.54) is 6.07 Å². The molecule has 0 saturated carbocycles. The van der Waals surface area contributed by atoms with Gasteiger partial charge < -0.3 is 10.5 Å². The fraction of sp³-hybridized carbons (Fsp3) is 0.625. The number of halogens is 1. The van der Waals surface area contributed by atoms with E-state index in [1.807, 2.05) is 6.07 Å². The highest BCUT2D eigenvalue weighted by molar-refractivity contribution is 5.21. The maximum atomic E-state index is 13.7. The molecule has 1 saturated heterocycles. The Morgan fingerprint density at radius 3 is 3.00 bits per heavy atom. The number of likely N-dealkylation sites (tertiary alicyclic amines) is 1. The van der Waals surface area contributed by atoms with Crippen molar-refractivity contribution in [3.8, 4) is 0 Å². The molecule has 1 fully saturated rings.